The molecule has 8 heteroatoms. The zero-order valence-electron chi connectivity index (χ0n) is 20.7. The summed E-state index contributed by atoms with van der Waals surface area (Å²) in [6.07, 6.45) is 0.868. The lowest BCUT2D eigenvalue weighted by Gasteiger charge is -2.19. The molecule has 5 rings (SSSR count). The number of nitrogens with one attached hydrogen (secondary N) is 1. The van der Waals surface area contributed by atoms with Crippen molar-refractivity contribution in [3.63, 3.8) is 0 Å². The van der Waals surface area contributed by atoms with Crippen molar-refractivity contribution in [1.29, 1.82) is 0 Å². The van der Waals surface area contributed by atoms with Crippen LogP contribution in [0.2, 0.25) is 5.02 Å². The molecule has 36 heavy (non-hydrogen) atoms. The fourth-order valence-corrected chi connectivity index (χ4v) is 4.99. The molecule has 1 atom stereocenters. The molecule has 2 aromatic heterocycles. The lowest BCUT2D eigenvalue weighted by Crippen LogP contribution is -2.36. The van der Waals surface area contributed by atoms with E-state index in [2.05, 4.69) is 15.3 Å². The first-order valence-electron chi connectivity index (χ1n) is 12.1. The summed E-state index contributed by atoms with van der Waals surface area (Å²) < 4.78 is 15.4. The van der Waals surface area contributed by atoms with Crippen LogP contribution in [0.15, 0.2) is 48.5 Å². The normalized spacial score (nSPS) is 15.7. The fourth-order valence-electron chi connectivity index (χ4n) is 4.80. The van der Waals surface area contributed by atoms with Crippen molar-refractivity contribution < 1.29 is 9.18 Å². The number of hydrogen-bond donors (Lipinski definition) is 1. The molecule has 1 unspecified atom stereocenters. The first-order chi connectivity index (χ1) is 17.3. The molecule has 0 aliphatic carbocycles. The molecule has 3 heterocycles. The molecule has 0 spiro atoms. The molecule has 0 radical (unpaired) electrons. The SMILES string of the molecule is Cc1nc(C)c(CNC2CCN(C(=O)c3cc4cc(Cl)ccc4n3Cc3ccc(F)cc3)C2)nc1C. The van der Waals surface area contributed by atoms with Gasteiger partial charge in [0.15, 0.2) is 0 Å². The van der Waals surface area contributed by atoms with Gasteiger partial charge in [-0.2, -0.15) is 0 Å². The molecule has 1 fully saturated rings. The first-order valence-corrected chi connectivity index (χ1v) is 12.5. The smallest absolute Gasteiger partial charge is 0.270 e. The number of nitrogens with zero attached hydrogens (tertiary/aromatic N) is 4. The lowest BCUT2D eigenvalue weighted by molar-refractivity contribution is 0.0779. The minimum Gasteiger partial charge on any atom is -0.336 e. The summed E-state index contributed by atoms with van der Waals surface area (Å²) in [5.41, 5.74) is 6.21. The number of fused-ring (bicyclic) bond motifs is 1. The number of likely N-dealkylation sites (tertiary alicyclic amines) is 1. The van der Waals surface area contributed by atoms with E-state index in [-0.39, 0.29) is 17.8 Å². The molecule has 6 nitrogen and oxygen atoms in total. The van der Waals surface area contributed by atoms with Crippen LogP contribution >= 0.6 is 11.6 Å². The zero-order valence-corrected chi connectivity index (χ0v) is 21.4. The Morgan fingerprint density at radius 2 is 1.81 bits per heavy atom. The summed E-state index contributed by atoms with van der Waals surface area (Å²) in [5.74, 6) is -0.298. The van der Waals surface area contributed by atoms with Crippen molar-refractivity contribution >= 4 is 28.4 Å². The average molecular weight is 506 g/mol. The summed E-state index contributed by atoms with van der Waals surface area (Å²) in [6, 6.07) is 14.1. The highest BCUT2D eigenvalue weighted by molar-refractivity contribution is 6.31. The topological polar surface area (TPSA) is 63.1 Å². The predicted octanol–water partition coefficient (Wildman–Crippen LogP) is 5.20. The van der Waals surface area contributed by atoms with Crippen molar-refractivity contribution in [3.8, 4) is 0 Å². The van der Waals surface area contributed by atoms with Gasteiger partial charge >= 0.3 is 0 Å². The van der Waals surface area contributed by atoms with E-state index in [4.69, 9.17) is 11.6 Å². The molecular formula is C28H29ClFN5O. The third kappa shape index (κ3) is 4.99. The van der Waals surface area contributed by atoms with Crippen molar-refractivity contribution in [2.75, 3.05) is 13.1 Å². The van der Waals surface area contributed by atoms with Gasteiger partial charge in [0.2, 0.25) is 0 Å². The Morgan fingerprint density at radius 1 is 1.06 bits per heavy atom. The molecule has 186 valence electrons. The molecule has 1 saturated heterocycles. The molecule has 1 N–H and O–H groups in total. The Kier molecular flexibility index (Phi) is 6.77. The van der Waals surface area contributed by atoms with Gasteiger partial charge in [-0.1, -0.05) is 23.7 Å². The monoisotopic (exact) mass is 505 g/mol. The van der Waals surface area contributed by atoms with Crippen LogP contribution in [-0.2, 0) is 13.1 Å². The van der Waals surface area contributed by atoms with E-state index in [9.17, 15) is 9.18 Å². The van der Waals surface area contributed by atoms with Gasteiger partial charge < -0.3 is 14.8 Å². The minimum absolute atomic E-state index is 0.0177. The zero-order chi connectivity index (χ0) is 25.4. The second-order valence-electron chi connectivity index (χ2n) is 9.49. The molecule has 0 bridgehead atoms. The van der Waals surface area contributed by atoms with Gasteiger partial charge in [-0.25, -0.2) is 4.39 Å². The molecule has 1 aliphatic heterocycles. The number of carbonyl (C=O) groups excluding carboxylic acids is 1. The van der Waals surface area contributed by atoms with Gasteiger partial charge in [-0.3, -0.25) is 14.8 Å². The third-order valence-corrected chi connectivity index (χ3v) is 7.18. The molecule has 1 aliphatic rings. The Bertz CT molecular complexity index is 1430. The number of amides is 1. The largest absolute Gasteiger partial charge is 0.336 e. The van der Waals surface area contributed by atoms with Crippen LogP contribution in [-0.4, -0.2) is 44.5 Å². The molecule has 2 aromatic carbocycles. The van der Waals surface area contributed by atoms with Gasteiger partial charge in [-0.15, -0.1) is 0 Å². The highest BCUT2D eigenvalue weighted by Gasteiger charge is 2.29. The maximum absolute atomic E-state index is 13.7. The Hall–Kier alpha value is -3.29. The highest BCUT2D eigenvalue weighted by atomic mass is 35.5. The molecule has 0 saturated carbocycles. The summed E-state index contributed by atoms with van der Waals surface area (Å²) in [6.45, 7) is 8.30. The minimum atomic E-state index is -0.281. The van der Waals surface area contributed by atoms with Crippen molar-refractivity contribution in [2.24, 2.45) is 0 Å². The van der Waals surface area contributed by atoms with Gasteiger partial charge in [0.05, 0.1) is 22.8 Å². The van der Waals surface area contributed by atoms with Crippen LogP contribution in [0.4, 0.5) is 4.39 Å². The Morgan fingerprint density at radius 3 is 2.58 bits per heavy atom. The lowest BCUT2D eigenvalue weighted by atomic mass is 10.2. The average Bonchev–Trinajstić information content (AvgIpc) is 3.46. The van der Waals surface area contributed by atoms with E-state index >= 15 is 0 Å². The van der Waals surface area contributed by atoms with E-state index in [0.717, 1.165) is 45.7 Å². The third-order valence-electron chi connectivity index (χ3n) is 6.95. The molecular weight excluding hydrogens is 477 g/mol. The molecule has 1 amide bonds. The number of aromatic nitrogens is 3. The van der Waals surface area contributed by atoms with E-state index in [0.29, 0.717) is 36.9 Å². The number of hydrogen-bond acceptors (Lipinski definition) is 4. The van der Waals surface area contributed by atoms with Crippen LogP contribution in [0.3, 0.4) is 0 Å². The van der Waals surface area contributed by atoms with Gasteiger partial charge in [0, 0.05) is 48.1 Å². The van der Waals surface area contributed by atoms with Gasteiger partial charge in [0.25, 0.3) is 5.91 Å². The van der Waals surface area contributed by atoms with Crippen molar-refractivity contribution in [2.45, 2.75) is 46.3 Å². The van der Waals surface area contributed by atoms with Crippen LogP contribution in [0.25, 0.3) is 10.9 Å². The summed E-state index contributed by atoms with van der Waals surface area (Å²) in [7, 11) is 0. The second-order valence-corrected chi connectivity index (χ2v) is 9.93. The number of halogens is 2. The number of aryl methyl sites for hydroxylation is 3. The predicted molar refractivity (Wildman–Crippen MR) is 140 cm³/mol. The summed E-state index contributed by atoms with van der Waals surface area (Å²) >= 11 is 6.23. The quantitative estimate of drug-likeness (QED) is 0.391. The highest BCUT2D eigenvalue weighted by Crippen LogP contribution is 2.27. The molecule has 4 aromatic rings. The van der Waals surface area contributed by atoms with Gasteiger partial charge in [0.1, 0.15) is 11.5 Å². The van der Waals surface area contributed by atoms with Crippen LogP contribution in [0.1, 0.15) is 45.2 Å². The van der Waals surface area contributed by atoms with E-state index in [1.165, 1.54) is 12.1 Å². The van der Waals surface area contributed by atoms with E-state index in [1.807, 2.05) is 54.5 Å². The van der Waals surface area contributed by atoms with E-state index in [1.54, 1.807) is 12.1 Å². The van der Waals surface area contributed by atoms with Crippen molar-refractivity contribution in [3.05, 3.63) is 93.4 Å². The van der Waals surface area contributed by atoms with Crippen LogP contribution in [0, 0.1) is 26.6 Å². The first kappa shape index (κ1) is 24.4. The summed E-state index contributed by atoms with van der Waals surface area (Å²) in [4.78, 5) is 24.8. The van der Waals surface area contributed by atoms with Crippen molar-refractivity contribution in [1.82, 2.24) is 24.8 Å². The standard InChI is InChI=1S/C28H29ClFN5O/c1-17-18(2)33-25(19(3)32-17)14-31-24-10-11-34(16-24)28(36)27-13-21-12-22(29)6-9-26(21)35(27)15-20-4-7-23(30)8-5-20/h4-9,12-13,24,31H,10-11,14-16H2,1-3H3. The second kappa shape index (κ2) is 9.99. The number of benzene rings is 2. The fraction of sp³-hybridized carbons (Fsp3) is 0.321. The maximum atomic E-state index is 13.7. The Labute approximate surface area is 215 Å². The van der Waals surface area contributed by atoms with E-state index < -0.39 is 0 Å². The van der Waals surface area contributed by atoms with Crippen LogP contribution < -0.4 is 5.32 Å². The number of carbonyl (C=O) groups is 1. The Balaban J connectivity index is 1.34. The maximum Gasteiger partial charge on any atom is 0.270 e. The summed E-state index contributed by atoms with van der Waals surface area (Å²) in [5, 5.41) is 5.09. The number of rotatable bonds is 6. The van der Waals surface area contributed by atoms with Gasteiger partial charge in [-0.05, 0) is 69.2 Å². The van der Waals surface area contributed by atoms with Crippen LogP contribution in [0.5, 0.6) is 0 Å².